The minimum Gasteiger partial charge on any atom is -0.395 e. The van der Waals surface area contributed by atoms with E-state index in [4.69, 9.17) is 28.9 Å². The first-order chi connectivity index (χ1) is 11.1. The monoisotopic (exact) mass is 342 g/mol. The molecule has 2 heterocycles. The van der Waals surface area contributed by atoms with E-state index in [1.54, 1.807) is 0 Å². The summed E-state index contributed by atoms with van der Waals surface area (Å²) in [5.74, 6) is 0.768. The number of rotatable bonds is 1. The van der Waals surface area contributed by atoms with Crippen molar-refractivity contribution in [1.82, 2.24) is 14.6 Å². The van der Waals surface area contributed by atoms with E-state index in [1.165, 1.54) is 0 Å². The maximum absolute atomic E-state index is 6.42. The molecule has 2 N–H and O–H groups in total. The number of nitrogen functional groups attached to an aromatic ring is 1. The van der Waals surface area contributed by atoms with Gasteiger partial charge in [-0.1, -0.05) is 41.4 Å². The molecule has 0 atom stereocenters. The summed E-state index contributed by atoms with van der Waals surface area (Å²) in [6.07, 6.45) is 0. The minimum atomic E-state index is 0.536. The molecular weight excluding hydrogens is 331 g/mol. The maximum Gasteiger partial charge on any atom is 0.185 e. The molecule has 23 heavy (non-hydrogen) atoms. The highest BCUT2D eigenvalue weighted by molar-refractivity contribution is 6.34. The zero-order valence-corrected chi connectivity index (χ0v) is 13.7. The fourth-order valence-corrected chi connectivity index (χ4v) is 3.34. The van der Waals surface area contributed by atoms with E-state index in [9.17, 15) is 0 Å². The average Bonchev–Trinajstić information content (AvgIpc) is 2.91. The lowest BCUT2D eigenvalue weighted by Gasteiger charge is -2.14. The summed E-state index contributed by atoms with van der Waals surface area (Å²) in [7, 11) is 0. The number of aryl methyl sites for hydroxylation is 1. The third kappa shape index (κ3) is 2.06. The van der Waals surface area contributed by atoms with Crippen molar-refractivity contribution >= 4 is 45.4 Å². The Kier molecular flexibility index (Phi) is 3.18. The standard InChI is InChI=1S/C17H12Cl2N4/c1-9-21-22-17-16(20)15(11-4-2-3-5-13(11)19)12-8-10(18)6-7-14(12)23(9)17/h2-8H,20H2,1H3. The van der Waals surface area contributed by atoms with Gasteiger partial charge < -0.3 is 5.73 Å². The number of hydrogen-bond acceptors (Lipinski definition) is 3. The van der Waals surface area contributed by atoms with Gasteiger partial charge in [0.05, 0.1) is 11.2 Å². The van der Waals surface area contributed by atoms with E-state index in [0.717, 1.165) is 27.9 Å². The Labute approximate surface area is 142 Å². The van der Waals surface area contributed by atoms with Crippen LogP contribution in [0.2, 0.25) is 10.0 Å². The molecule has 114 valence electrons. The molecule has 0 spiro atoms. The van der Waals surface area contributed by atoms with Gasteiger partial charge in [-0.25, -0.2) is 0 Å². The summed E-state index contributed by atoms with van der Waals surface area (Å²) in [5, 5.41) is 10.5. The van der Waals surface area contributed by atoms with Crippen LogP contribution in [0.15, 0.2) is 42.5 Å². The Balaban J connectivity index is 2.28. The Bertz CT molecular complexity index is 1070. The largest absolute Gasteiger partial charge is 0.395 e. The Morgan fingerprint density at radius 2 is 1.83 bits per heavy atom. The van der Waals surface area contributed by atoms with Gasteiger partial charge in [0.15, 0.2) is 5.65 Å². The number of aromatic nitrogens is 3. The average molecular weight is 343 g/mol. The molecule has 4 aromatic rings. The molecule has 0 saturated carbocycles. The third-order valence-corrected chi connectivity index (χ3v) is 4.51. The van der Waals surface area contributed by atoms with E-state index in [-0.39, 0.29) is 0 Å². The molecule has 2 aromatic carbocycles. The molecule has 6 heteroatoms. The summed E-state index contributed by atoms with van der Waals surface area (Å²) < 4.78 is 1.93. The van der Waals surface area contributed by atoms with Crippen molar-refractivity contribution in [3.05, 3.63) is 58.3 Å². The first-order valence-electron chi connectivity index (χ1n) is 7.05. The summed E-state index contributed by atoms with van der Waals surface area (Å²) in [4.78, 5) is 0. The molecular formula is C17H12Cl2N4. The van der Waals surface area contributed by atoms with Crippen molar-refractivity contribution in [2.75, 3.05) is 5.73 Å². The lowest BCUT2D eigenvalue weighted by Crippen LogP contribution is -2.00. The lowest BCUT2D eigenvalue weighted by atomic mass is 9.99. The molecule has 4 rings (SSSR count). The van der Waals surface area contributed by atoms with Crippen LogP contribution in [0.1, 0.15) is 5.82 Å². The van der Waals surface area contributed by atoms with Crippen LogP contribution in [0.3, 0.4) is 0 Å². The quantitative estimate of drug-likeness (QED) is 0.543. The van der Waals surface area contributed by atoms with Crippen LogP contribution >= 0.6 is 23.2 Å². The molecule has 0 aliphatic rings. The van der Waals surface area contributed by atoms with E-state index in [2.05, 4.69) is 10.2 Å². The zero-order valence-electron chi connectivity index (χ0n) is 12.2. The Morgan fingerprint density at radius 3 is 2.61 bits per heavy atom. The predicted octanol–water partition coefficient (Wildman–Crippen LogP) is 4.75. The Hall–Kier alpha value is -2.30. The van der Waals surface area contributed by atoms with Gasteiger partial charge in [-0.2, -0.15) is 0 Å². The van der Waals surface area contributed by atoms with Crippen molar-refractivity contribution in [1.29, 1.82) is 0 Å². The number of pyridine rings is 1. The fourth-order valence-electron chi connectivity index (χ4n) is 2.94. The number of fused-ring (bicyclic) bond motifs is 3. The van der Waals surface area contributed by atoms with Crippen molar-refractivity contribution in [2.24, 2.45) is 0 Å². The number of hydrogen-bond donors (Lipinski definition) is 1. The van der Waals surface area contributed by atoms with Crippen LogP contribution in [0, 0.1) is 6.92 Å². The van der Waals surface area contributed by atoms with Crippen molar-refractivity contribution in [3.8, 4) is 11.1 Å². The molecule has 2 aromatic heterocycles. The van der Waals surface area contributed by atoms with Gasteiger partial charge in [0.1, 0.15) is 5.82 Å². The van der Waals surface area contributed by atoms with Crippen LogP contribution < -0.4 is 5.73 Å². The van der Waals surface area contributed by atoms with E-state index in [0.29, 0.717) is 21.4 Å². The number of nitrogens with zero attached hydrogens (tertiary/aromatic N) is 3. The second-order valence-electron chi connectivity index (χ2n) is 5.34. The molecule has 0 bridgehead atoms. The Morgan fingerprint density at radius 1 is 1.04 bits per heavy atom. The highest BCUT2D eigenvalue weighted by Gasteiger charge is 2.18. The lowest BCUT2D eigenvalue weighted by molar-refractivity contribution is 1.02. The molecule has 0 aliphatic carbocycles. The molecule has 0 fully saturated rings. The molecule has 0 unspecified atom stereocenters. The van der Waals surface area contributed by atoms with Crippen LogP contribution in [0.4, 0.5) is 5.69 Å². The normalized spacial score (nSPS) is 11.4. The van der Waals surface area contributed by atoms with Crippen molar-refractivity contribution < 1.29 is 0 Å². The van der Waals surface area contributed by atoms with E-state index < -0.39 is 0 Å². The van der Waals surface area contributed by atoms with Gasteiger partial charge >= 0.3 is 0 Å². The van der Waals surface area contributed by atoms with Gasteiger partial charge in [0, 0.05) is 26.6 Å². The summed E-state index contributed by atoms with van der Waals surface area (Å²) in [6.45, 7) is 1.89. The fraction of sp³-hybridized carbons (Fsp3) is 0.0588. The first kappa shape index (κ1) is 14.3. The van der Waals surface area contributed by atoms with Gasteiger partial charge in [-0.15, -0.1) is 10.2 Å². The second-order valence-corrected chi connectivity index (χ2v) is 6.18. The molecule has 4 nitrogen and oxygen atoms in total. The first-order valence-corrected chi connectivity index (χ1v) is 7.81. The van der Waals surface area contributed by atoms with Crippen LogP contribution in [-0.4, -0.2) is 14.6 Å². The van der Waals surface area contributed by atoms with Gasteiger partial charge in [0.25, 0.3) is 0 Å². The van der Waals surface area contributed by atoms with E-state index in [1.807, 2.05) is 53.8 Å². The van der Waals surface area contributed by atoms with Crippen LogP contribution in [0.25, 0.3) is 27.7 Å². The van der Waals surface area contributed by atoms with Gasteiger partial charge in [-0.3, -0.25) is 4.40 Å². The van der Waals surface area contributed by atoms with Crippen molar-refractivity contribution in [3.63, 3.8) is 0 Å². The smallest absolute Gasteiger partial charge is 0.185 e. The van der Waals surface area contributed by atoms with Crippen LogP contribution in [0.5, 0.6) is 0 Å². The summed E-state index contributed by atoms with van der Waals surface area (Å²) in [5.41, 5.74) is 10.2. The highest BCUT2D eigenvalue weighted by Crippen LogP contribution is 2.40. The van der Waals surface area contributed by atoms with Gasteiger partial charge in [0.2, 0.25) is 0 Å². The van der Waals surface area contributed by atoms with Crippen LogP contribution in [-0.2, 0) is 0 Å². The molecule has 0 aliphatic heterocycles. The van der Waals surface area contributed by atoms with Gasteiger partial charge in [-0.05, 0) is 31.2 Å². The number of anilines is 1. The van der Waals surface area contributed by atoms with Crippen molar-refractivity contribution in [2.45, 2.75) is 6.92 Å². The predicted molar refractivity (Wildman–Crippen MR) is 95.1 cm³/mol. The SMILES string of the molecule is Cc1nnc2c(N)c(-c3ccccc3Cl)c3cc(Cl)ccc3n12. The number of nitrogens with two attached hydrogens (primary N) is 1. The minimum absolute atomic E-state index is 0.536. The molecule has 0 amide bonds. The maximum atomic E-state index is 6.42. The summed E-state index contributed by atoms with van der Waals surface area (Å²) in [6, 6.07) is 13.3. The topological polar surface area (TPSA) is 56.2 Å². The highest BCUT2D eigenvalue weighted by atomic mass is 35.5. The zero-order chi connectivity index (χ0) is 16.1. The second kappa shape index (κ2) is 5.11. The third-order valence-electron chi connectivity index (χ3n) is 3.95. The summed E-state index contributed by atoms with van der Waals surface area (Å²) >= 11 is 12.6. The van der Waals surface area contributed by atoms with E-state index >= 15 is 0 Å². The number of benzene rings is 2. The molecule has 0 saturated heterocycles. The molecule has 0 radical (unpaired) electrons. The number of halogens is 2.